The van der Waals surface area contributed by atoms with Crippen molar-refractivity contribution < 1.29 is 13.2 Å². The molecule has 1 aromatic carbocycles. The molecule has 6 heteroatoms. The van der Waals surface area contributed by atoms with Gasteiger partial charge in [0.1, 0.15) is 5.01 Å². The van der Waals surface area contributed by atoms with Crippen molar-refractivity contribution in [2.45, 2.75) is 6.54 Å². The molecule has 0 atom stereocenters. The van der Waals surface area contributed by atoms with Gasteiger partial charge in [0.05, 0.1) is 5.69 Å². The van der Waals surface area contributed by atoms with Crippen molar-refractivity contribution in [1.29, 1.82) is 0 Å². The van der Waals surface area contributed by atoms with Gasteiger partial charge in [0.15, 0.2) is 17.5 Å². The molecule has 0 unspecified atom stereocenters. The van der Waals surface area contributed by atoms with Gasteiger partial charge in [0.25, 0.3) is 0 Å². The minimum Gasteiger partial charge on any atom is -0.314 e. The zero-order valence-corrected chi connectivity index (χ0v) is 9.75. The van der Waals surface area contributed by atoms with Crippen LogP contribution in [0.4, 0.5) is 13.2 Å². The minimum absolute atomic E-state index is 0.244. The lowest BCUT2D eigenvalue weighted by atomic mass is 10.2. The maximum atomic E-state index is 13.0. The summed E-state index contributed by atoms with van der Waals surface area (Å²) in [5, 5.41) is 5.17. The molecule has 0 aliphatic rings. The number of nitrogens with zero attached hydrogens (tertiary/aromatic N) is 1. The number of nitrogens with one attached hydrogen (secondary N) is 1. The van der Waals surface area contributed by atoms with Gasteiger partial charge in [-0.1, -0.05) is 0 Å². The SMILES string of the molecule is CNCc1csc(-c2cc(F)c(F)c(F)c2)n1. The third-order valence-corrected chi connectivity index (χ3v) is 3.08. The molecule has 1 N–H and O–H groups in total. The van der Waals surface area contributed by atoms with Crippen LogP contribution in [0, 0.1) is 17.5 Å². The Bertz CT molecular complexity index is 516. The van der Waals surface area contributed by atoms with Gasteiger partial charge < -0.3 is 5.32 Å². The highest BCUT2D eigenvalue weighted by molar-refractivity contribution is 7.13. The Balaban J connectivity index is 2.39. The molecule has 0 aliphatic heterocycles. The number of thiazole rings is 1. The van der Waals surface area contributed by atoms with Crippen molar-refractivity contribution >= 4 is 11.3 Å². The number of aromatic nitrogens is 1. The number of hydrogen-bond donors (Lipinski definition) is 1. The largest absolute Gasteiger partial charge is 0.314 e. The molecule has 0 bridgehead atoms. The molecular weight excluding hydrogens is 249 g/mol. The van der Waals surface area contributed by atoms with E-state index in [9.17, 15) is 13.2 Å². The molecule has 0 radical (unpaired) electrons. The summed E-state index contributed by atoms with van der Waals surface area (Å²) in [6.45, 7) is 0.572. The summed E-state index contributed by atoms with van der Waals surface area (Å²) in [7, 11) is 1.77. The lowest BCUT2D eigenvalue weighted by molar-refractivity contribution is 0.447. The molecule has 0 fully saturated rings. The second kappa shape index (κ2) is 4.85. The molecule has 0 spiro atoms. The fourth-order valence-corrected chi connectivity index (χ4v) is 2.19. The Labute approximate surface area is 100 Å². The van der Waals surface area contributed by atoms with Crippen molar-refractivity contribution in [2.24, 2.45) is 0 Å². The summed E-state index contributed by atoms with van der Waals surface area (Å²) < 4.78 is 38.8. The predicted octanol–water partition coefficient (Wildman–Crippen LogP) is 2.95. The van der Waals surface area contributed by atoms with Crippen molar-refractivity contribution in [3.8, 4) is 10.6 Å². The van der Waals surface area contributed by atoms with Crippen LogP contribution in [0.1, 0.15) is 5.69 Å². The van der Waals surface area contributed by atoms with Gasteiger partial charge in [0.2, 0.25) is 0 Å². The van der Waals surface area contributed by atoms with E-state index in [0.717, 1.165) is 17.8 Å². The van der Waals surface area contributed by atoms with Crippen LogP contribution < -0.4 is 5.32 Å². The molecule has 2 nitrogen and oxygen atoms in total. The van der Waals surface area contributed by atoms with Crippen LogP contribution in [0.5, 0.6) is 0 Å². The van der Waals surface area contributed by atoms with Crippen LogP contribution in [-0.4, -0.2) is 12.0 Å². The van der Waals surface area contributed by atoms with E-state index in [4.69, 9.17) is 0 Å². The molecule has 2 rings (SSSR count). The number of benzene rings is 1. The summed E-state index contributed by atoms with van der Waals surface area (Å²) in [6, 6.07) is 1.89. The third-order valence-electron chi connectivity index (χ3n) is 2.14. The van der Waals surface area contributed by atoms with E-state index < -0.39 is 17.5 Å². The smallest absolute Gasteiger partial charge is 0.194 e. The predicted molar refractivity (Wildman–Crippen MR) is 60.2 cm³/mol. The van der Waals surface area contributed by atoms with Gasteiger partial charge >= 0.3 is 0 Å². The maximum absolute atomic E-state index is 13.0. The summed E-state index contributed by atoms with van der Waals surface area (Å²) in [5.41, 5.74) is 1.02. The number of halogens is 3. The van der Waals surface area contributed by atoms with Gasteiger partial charge in [-0.3, -0.25) is 0 Å². The molecule has 0 saturated carbocycles. The average Bonchev–Trinajstić information content (AvgIpc) is 2.74. The van der Waals surface area contributed by atoms with Crippen molar-refractivity contribution in [3.05, 3.63) is 40.7 Å². The summed E-state index contributed by atoms with van der Waals surface area (Å²) in [4.78, 5) is 4.18. The van der Waals surface area contributed by atoms with E-state index in [1.807, 2.05) is 0 Å². The number of rotatable bonds is 3. The van der Waals surface area contributed by atoms with Crippen molar-refractivity contribution in [3.63, 3.8) is 0 Å². The van der Waals surface area contributed by atoms with Gasteiger partial charge in [-0.25, -0.2) is 18.2 Å². The second-order valence-corrected chi connectivity index (χ2v) is 4.29. The highest BCUT2D eigenvalue weighted by Gasteiger charge is 2.13. The molecule has 0 saturated heterocycles. The molecule has 17 heavy (non-hydrogen) atoms. The summed E-state index contributed by atoms with van der Waals surface area (Å²) in [5.74, 6) is -3.86. The molecule has 1 aromatic heterocycles. The summed E-state index contributed by atoms with van der Waals surface area (Å²) >= 11 is 1.26. The molecule has 0 amide bonds. The standard InChI is InChI=1S/C11H9F3N2S/c1-15-4-7-5-17-11(16-7)6-2-8(12)10(14)9(13)3-6/h2-3,5,15H,4H2,1H3. The lowest BCUT2D eigenvalue weighted by Gasteiger charge is -1.99. The highest BCUT2D eigenvalue weighted by atomic mass is 32.1. The molecule has 1 heterocycles. The lowest BCUT2D eigenvalue weighted by Crippen LogP contribution is -2.04. The number of hydrogen-bond acceptors (Lipinski definition) is 3. The zero-order chi connectivity index (χ0) is 12.4. The fraction of sp³-hybridized carbons (Fsp3) is 0.182. The topological polar surface area (TPSA) is 24.9 Å². The van der Waals surface area contributed by atoms with Crippen LogP contribution in [0.2, 0.25) is 0 Å². The van der Waals surface area contributed by atoms with Gasteiger partial charge in [-0.15, -0.1) is 11.3 Å². The minimum atomic E-state index is -1.46. The Hall–Kier alpha value is -1.40. The fourth-order valence-electron chi connectivity index (χ4n) is 1.38. The third kappa shape index (κ3) is 2.48. The second-order valence-electron chi connectivity index (χ2n) is 3.43. The van der Waals surface area contributed by atoms with Gasteiger partial charge in [-0.2, -0.15) is 0 Å². The first kappa shape index (κ1) is 12.1. The Morgan fingerprint density at radius 2 is 1.88 bits per heavy atom. The zero-order valence-electron chi connectivity index (χ0n) is 8.93. The Morgan fingerprint density at radius 1 is 1.24 bits per heavy atom. The first-order chi connectivity index (χ1) is 8.11. The van der Waals surface area contributed by atoms with Crippen LogP contribution in [0.25, 0.3) is 10.6 Å². The van der Waals surface area contributed by atoms with Gasteiger partial charge in [-0.05, 0) is 19.2 Å². The highest BCUT2D eigenvalue weighted by Crippen LogP contribution is 2.26. The average molecular weight is 258 g/mol. The van der Waals surface area contributed by atoms with E-state index in [1.54, 1.807) is 12.4 Å². The van der Waals surface area contributed by atoms with E-state index in [0.29, 0.717) is 11.6 Å². The normalized spacial score (nSPS) is 10.8. The first-order valence-corrected chi connectivity index (χ1v) is 5.73. The Kier molecular flexibility index (Phi) is 3.44. The quantitative estimate of drug-likeness (QED) is 0.856. The monoisotopic (exact) mass is 258 g/mol. The molecule has 90 valence electrons. The Morgan fingerprint density at radius 3 is 2.47 bits per heavy atom. The molecule has 2 aromatic rings. The van der Waals surface area contributed by atoms with Crippen LogP contribution in [-0.2, 0) is 6.54 Å². The molecular formula is C11H9F3N2S. The van der Waals surface area contributed by atoms with Crippen molar-refractivity contribution in [1.82, 2.24) is 10.3 Å². The van der Waals surface area contributed by atoms with Gasteiger partial charge in [0, 0.05) is 17.5 Å². The van der Waals surface area contributed by atoms with Crippen LogP contribution >= 0.6 is 11.3 Å². The van der Waals surface area contributed by atoms with Crippen molar-refractivity contribution in [2.75, 3.05) is 7.05 Å². The first-order valence-electron chi connectivity index (χ1n) is 4.85. The summed E-state index contributed by atoms with van der Waals surface area (Å²) in [6.07, 6.45) is 0. The van der Waals surface area contributed by atoms with E-state index in [1.165, 1.54) is 11.3 Å². The van der Waals surface area contributed by atoms with E-state index in [2.05, 4.69) is 10.3 Å². The van der Waals surface area contributed by atoms with Crippen LogP contribution in [0.15, 0.2) is 17.5 Å². The van der Waals surface area contributed by atoms with E-state index in [-0.39, 0.29) is 5.56 Å². The molecule has 0 aliphatic carbocycles. The maximum Gasteiger partial charge on any atom is 0.194 e. The van der Waals surface area contributed by atoms with Crippen LogP contribution in [0.3, 0.4) is 0 Å². The van der Waals surface area contributed by atoms with E-state index >= 15 is 0 Å².